The summed E-state index contributed by atoms with van der Waals surface area (Å²) in [6.07, 6.45) is 2.36. The van der Waals surface area contributed by atoms with Gasteiger partial charge in [-0.2, -0.15) is 5.26 Å². The van der Waals surface area contributed by atoms with Crippen LogP contribution < -0.4 is 4.90 Å². The average Bonchev–Trinajstić information content (AvgIpc) is 2.41. The van der Waals surface area contributed by atoms with Gasteiger partial charge in [0.2, 0.25) is 0 Å². The van der Waals surface area contributed by atoms with Crippen LogP contribution in [0.15, 0.2) is 24.3 Å². The molecule has 0 heterocycles. The lowest BCUT2D eigenvalue weighted by atomic mass is 10.1. The van der Waals surface area contributed by atoms with E-state index in [2.05, 4.69) is 0 Å². The Labute approximate surface area is 115 Å². The summed E-state index contributed by atoms with van der Waals surface area (Å²) in [4.78, 5) is 22.6. The molecular formula is C13H13N3O4. The van der Waals surface area contributed by atoms with Gasteiger partial charge in [0.1, 0.15) is 0 Å². The summed E-state index contributed by atoms with van der Waals surface area (Å²) in [7, 11) is 1.75. The monoisotopic (exact) mass is 275 g/mol. The second-order valence-electron chi connectivity index (χ2n) is 4.00. The van der Waals surface area contributed by atoms with Crippen molar-refractivity contribution in [2.75, 3.05) is 18.5 Å². The highest BCUT2D eigenvalue weighted by Crippen LogP contribution is 2.25. The second kappa shape index (κ2) is 6.89. The first-order valence-corrected chi connectivity index (χ1v) is 5.73. The highest BCUT2D eigenvalue weighted by atomic mass is 16.6. The van der Waals surface area contributed by atoms with Crippen molar-refractivity contribution in [1.29, 1.82) is 5.26 Å². The molecule has 0 saturated heterocycles. The van der Waals surface area contributed by atoms with Gasteiger partial charge in [0.15, 0.2) is 0 Å². The number of anilines is 1. The van der Waals surface area contributed by atoms with E-state index >= 15 is 0 Å². The van der Waals surface area contributed by atoms with Gasteiger partial charge >= 0.3 is 5.97 Å². The van der Waals surface area contributed by atoms with Crippen LogP contribution in [0.2, 0.25) is 0 Å². The summed E-state index contributed by atoms with van der Waals surface area (Å²) in [6.45, 7) is 0.483. The third-order valence-electron chi connectivity index (χ3n) is 2.61. The number of hydrogen-bond acceptors (Lipinski definition) is 5. The van der Waals surface area contributed by atoms with Crippen LogP contribution in [0.1, 0.15) is 12.0 Å². The quantitative estimate of drug-likeness (QED) is 0.483. The number of carbonyl (C=O) groups is 1. The van der Waals surface area contributed by atoms with Crippen molar-refractivity contribution in [2.45, 2.75) is 6.42 Å². The van der Waals surface area contributed by atoms with Crippen LogP contribution in [-0.2, 0) is 4.79 Å². The number of aliphatic carboxylic acids is 1. The molecule has 7 nitrogen and oxygen atoms in total. The van der Waals surface area contributed by atoms with E-state index in [0.717, 1.165) is 6.08 Å². The zero-order chi connectivity index (χ0) is 15.1. The average molecular weight is 275 g/mol. The van der Waals surface area contributed by atoms with Gasteiger partial charge in [-0.25, -0.2) is 4.79 Å². The number of carboxylic acids is 1. The molecule has 0 amide bonds. The van der Waals surface area contributed by atoms with Gasteiger partial charge in [-0.05, 0) is 18.2 Å². The minimum absolute atomic E-state index is 0.167. The van der Waals surface area contributed by atoms with Crippen LogP contribution in [0.25, 0.3) is 6.08 Å². The molecule has 1 aromatic carbocycles. The minimum Gasteiger partial charge on any atom is -0.478 e. The van der Waals surface area contributed by atoms with Crippen LogP contribution in [0.3, 0.4) is 0 Å². The molecule has 20 heavy (non-hydrogen) atoms. The largest absolute Gasteiger partial charge is 0.478 e. The summed E-state index contributed by atoms with van der Waals surface area (Å²) >= 11 is 0. The van der Waals surface area contributed by atoms with Gasteiger partial charge in [-0.3, -0.25) is 10.1 Å². The van der Waals surface area contributed by atoms with Crippen molar-refractivity contribution in [3.63, 3.8) is 0 Å². The number of hydrogen-bond donors (Lipinski definition) is 1. The summed E-state index contributed by atoms with van der Waals surface area (Å²) in [5, 5.41) is 28.0. The molecular weight excluding hydrogens is 262 g/mol. The molecule has 0 bridgehead atoms. The van der Waals surface area contributed by atoms with Gasteiger partial charge in [0.05, 0.1) is 23.0 Å². The summed E-state index contributed by atoms with van der Waals surface area (Å²) in [5.74, 6) is -1.18. The number of benzene rings is 1. The van der Waals surface area contributed by atoms with Gasteiger partial charge in [-0.1, -0.05) is 0 Å². The highest BCUT2D eigenvalue weighted by Gasteiger charge is 2.13. The Morgan fingerprint density at radius 2 is 2.30 bits per heavy atom. The van der Waals surface area contributed by atoms with Gasteiger partial charge in [-0.15, -0.1) is 0 Å². The van der Waals surface area contributed by atoms with Crippen LogP contribution in [0.4, 0.5) is 11.4 Å². The highest BCUT2D eigenvalue weighted by molar-refractivity contribution is 5.86. The zero-order valence-corrected chi connectivity index (χ0v) is 10.8. The van der Waals surface area contributed by atoms with E-state index in [-0.39, 0.29) is 11.3 Å². The lowest BCUT2D eigenvalue weighted by molar-refractivity contribution is -0.385. The van der Waals surface area contributed by atoms with E-state index in [9.17, 15) is 14.9 Å². The Kier molecular flexibility index (Phi) is 5.23. The molecule has 0 fully saturated rings. The SMILES string of the molecule is CN(CCC#N)c1ccc([N+](=O)[O-])c(/C=C/C(=O)O)c1. The molecule has 0 aliphatic rings. The maximum absolute atomic E-state index is 10.9. The Morgan fingerprint density at radius 3 is 2.85 bits per heavy atom. The van der Waals surface area contributed by atoms with Gasteiger partial charge < -0.3 is 10.0 Å². The molecule has 104 valence electrons. The topological polar surface area (TPSA) is 107 Å². The predicted molar refractivity (Wildman–Crippen MR) is 73.3 cm³/mol. The maximum atomic E-state index is 10.9. The van der Waals surface area contributed by atoms with E-state index < -0.39 is 10.9 Å². The number of nitro groups is 1. The Balaban J connectivity index is 3.13. The van der Waals surface area contributed by atoms with Crippen LogP contribution in [0.5, 0.6) is 0 Å². The summed E-state index contributed by atoms with van der Waals surface area (Å²) < 4.78 is 0. The Hall–Kier alpha value is -2.88. The molecule has 0 spiro atoms. The molecule has 1 aromatic rings. The number of rotatable bonds is 6. The first-order valence-electron chi connectivity index (χ1n) is 5.73. The third-order valence-corrected chi connectivity index (χ3v) is 2.61. The zero-order valence-electron chi connectivity index (χ0n) is 10.8. The van der Waals surface area contributed by atoms with Crippen molar-refractivity contribution in [2.24, 2.45) is 0 Å². The normalized spacial score (nSPS) is 10.2. The van der Waals surface area contributed by atoms with E-state index in [1.807, 2.05) is 6.07 Å². The Bertz CT molecular complexity index is 590. The van der Waals surface area contributed by atoms with E-state index in [4.69, 9.17) is 10.4 Å². The van der Waals surface area contributed by atoms with Crippen molar-refractivity contribution >= 4 is 23.4 Å². The first kappa shape index (κ1) is 15.2. The van der Waals surface area contributed by atoms with Crippen LogP contribution in [0, 0.1) is 21.4 Å². The summed E-state index contributed by atoms with van der Waals surface area (Å²) in [6, 6.07) is 6.42. The standard InChI is InChI=1S/C13H13N3O4/c1-15(8-2-7-14)11-4-5-12(16(19)20)10(9-11)3-6-13(17)18/h3-6,9H,2,8H2,1H3,(H,17,18)/b6-3+. The van der Waals surface area contributed by atoms with Crippen LogP contribution in [-0.4, -0.2) is 29.6 Å². The molecule has 1 rings (SSSR count). The first-order chi connectivity index (χ1) is 9.45. The van der Waals surface area contributed by atoms with E-state index in [1.165, 1.54) is 18.2 Å². The summed E-state index contributed by atoms with van der Waals surface area (Å²) in [5.41, 5.74) is 0.717. The minimum atomic E-state index is -1.18. The number of carboxylic acid groups (broad SMARTS) is 1. The molecule has 0 atom stereocenters. The predicted octanol–water partition coefficient (Wildman–Crippen LogP) is 2.04. The van der Waals surface area contributed by atoms with E-state index in [0.29, 0.717) is 18.7 Å². The fourth-order valence-corrected chi connectivity index (χ4v) is 1.59. The van der Waals surface area contributed by atoms with Crippen molar-refractivity contribution < 1.29 is 14.8 Å². The molecule has 0 aliphatic heterocycles. The number of nitrogens with zero attached hydrogens (tertiary/aromatic N) is 3. The fourth-order valence-electron chi connectivity index (χ4n) is 1.59. The molecule has 1 N–H and O–H groups in total. The van der Waals surface area contributed by atoms with Crippen molar-refractivity contribution in [1.82, 2.24) is 0 Å². The number of nitro benzene ring substituents is 1. The second-order valence-corrected chi connectivity index (χ2v) is 4.00. The number of nitriles is 1. The van der Waals surface area contributed by atoms with Crippen molar-refractivity contribution in [3.8, 4) is 6.07 Å². The molecule has 7 heteroatoms. The molecule has 0 radical (unpaired) electrons. The smallest absolute Gasteiger partial charge is 0.328 e. The maximum Gasteiger partial charge on any atom is 0.328 e. The molecule has 0 saturated carbocycles. The van der Waals surface area contributed by atoms with Crippen molar-refractivity contribution in [3.05, 3.63) is 40.0 Å². The third kappa shape index (κ3) is 4.10. The molecule has 0 aromatic heterocycles. The molecule has 0 unspecified atom stereocenters. The lowest BCUT2D eigenvalue weighted by Crippen LogP contribution is -2.18. The van der Waals surface area contributed by atoms with Gasteiger partial charge in [0, 0.05) is 31.4 Å². The fraction of sp³-hybridized carbons (Fsp3) is 0.231. The Morgan fingerprint density at radius 1 is 1.60 bits per heavy atom. The van der Waals surface area contributed by atoms with Crippen LogP contribution >= 0.6 is 0 Å². The van der Waals surface area contributed by atoms with E-state index in [1.54, 1.807) is 18.0 Å². The lowest BCUT2D eigenvalue weighted by Gasteiger charge is -2.18. The molecule has 0 aliphatic carbocycles. The van der Waals surface area contributed by atoms with Gasteiger partial charge in [0.25, 0.3) is 5.69 Å².